The molecule has 5 heteroatoms. The lowest BCUT2D eigenvalue weighted by Crippen LogP contribution is -2.23. The molecule has 0 aliphatic rings. The highest BCUT2D eigenvalue weighted by molar-refractivity contribution is 5.94. The number of carbonyl (C=O) groups is 1. The Labute approximate surface area is 118 Å². The standard InChI is InChI=1S/C15H18N4O/c1-3-8-17-15(20)12-4-6-13(7-5-12)18-11-14-16-9-10-19(14)2/h3-7,9-10,18H,1,8,11H2,2H3,(H,17,20). The molecule has 20 heavy (non-hydrogen) atoms. The van der Waals surface area contributed by atoms with Gasteiger partial charge in [-0.2, -0.15) is 0 Å². The molecule has 0 saturated heterocycles. The third kappa shape index (κ3) is 3.47. The van der Waals surface area contributed by atoms with Crippen LogP contribution in [0.5, 0.6) is 0 Å². The average molecular weight is 270 g/mol. The van der Waals surface area contributed by atoms with Crippen molar-refractivity contribution in [2.75, 3.05) is 11.9 Å². The maximum absolute atomic E-state index is 11.7. The SMILES string of the molecule is C=CCNC(=O)c1ccc(NCc2nccn2C)cc1. The van der Waals surface area contributed by atoms with Crippen LogP contribution in [-0.2, 0) is 13.6 Å². The Bertz CT molecular complexity index is 586. The molecule has 1 amide bonds. The summed E-state index contributed by atoms with van der Waals surface area (Å²) in [6.45, 7) is 4.68. The van der Waals surface area contributed by atoms with E-state index in [-0.39, 0.29) is 5.91 Å². The maximum Gasteiger partial charge on any atom is 0.251 e. The predicted molar refractivity (Wildman–Crippen MR) is 79.5 cm³/mol. The molecule has 104 valence electrons. The second kappa shape index (κ2) is 6.56. The van der Waals surface area contributed by atoms with E-state index in [1.54, 1.807) is 24.4 Å². The van der Waals surface area contributed by atoms with E-state index in [4.69, 9.17) is 0 Å². The fourth-order valence-corrected chi connectivity index (χ4v) is 1.75. The van der Waals surface area contributed by atoms with Crippen LogP contribution in [0, 0.1) is 0 Å². The summed E-state index contributed by atoms with van der Waals surface area (Å²) >= 11 is 0. The Morgan fingerprint density at radius 1 is 1.40 bits per heavy atom. The van der Waals surface area contributed by atoms with Crippen molar-refractivity contribution in [3.8, 4) is 0 Å². The smallest absolute Gasteiger partial charge is 0.251 e. The van der Waals surface area contributed by atoms with Crippen LogP contribution in [0.3, 0.4) is 0 Å². The monoisotopic (exact) mass is 270 g/mol. The maximum atomic E-state index is 11.7. The molecule has 2 N–H and O–H groups in total. The molecule has 1 aromatic carbocycles. The topological polar surface area (TPSA) is 59.0 Å². The number of nitrogens with one attached hydrogen (secondary N) is 2. The minimum atomic E-state index is -0.0967. The molecular formula is C15H18N4O. The number of carbonyl (C=O) groups excluding carboxylic acids is 1. The van der Waals surface area contributed by atoms with Gasteiger partial charge in [0.25, 0.3) is 5.91 Å². The van der Waals surface area contributed by atoms with Crippen molar-refractivity contribution in [1.29, 1.82) is 0 Å². The number of imidazole rings is 1. The summed E-state index contributed by atoms with van der Waals surface area (Å²) in [5.74, 6) is 0.860. The van der Waals surface area contributed by atoms with E-state index < -0.39 is 0 Å². The van der Waals surface area contributed by atoms with Crippen LogP contribution in [0.1, 0.15) is 16.2 Å². The lowest BCUT2D eigenvalue weighted by Gasteiger charge is -2.07. The van der Waals surface area contributed by atoms with Crippen molar-refractivity contribution in [2.24, 2.45) is 7.05 Å². The molecule has 5 nitrogen and oxygen atoms in total. The first-order chi connectivity index (χ1) is 9.70. The van der Waals surface area contributed by atoms with Gasteiger partial charge in [-0.3, -0.25) is 4.79 Å². The van der Waals surface area contributed by atoms with Crippen LogP contribution in [-0.4, -0.2) is 22.0 Å². The summed E-state index contributed by atoms with van der Waals surface area (Å²) in [4.78, 5) is 15.9. The highest BCUT2D eigenvalue weighted by Crippen LogP contribution is 2.10. The molecule has 1 heterocycles. The molecule has 0 aliphatic heterocycles. The van der Waals surface area contributed by atoms with Gasteiger partial charge in [-0.25, -0.2) is 4.98 Å². The highest BCUT2D eigenvalue weighted by atomic mass is 16.1. The third-order valence-electron chi connectivity index (χ3n) is 2.93. The number of nitrogens with zero attached hydrogens (tertiary/aromatic N) is 2. The van der Waals surface area contributed by atoms with Gasteiger partial charge >= 0.3 is 0 Å². The van der Waals surface area contributed by atoms with Gasteiger partial charge in [0, 0.05) is 37.2 Å². The molecular weight excluding hydrogens is 252 g/mol. The van der Waals surface area contributed by atoms with Gasteiger partial charge in [0.05, 0.1) is 6.54 Å². The molecule has 0 radical (unpaired) electrons. The number of hydrogen-bond donors (Lipinski definition) is 2. The molecule has 0 bridgehead atoms. The average Bonchev–Trinajstić information content (AvgIpc) is 2.88. The van der Waals surface area contributed by atoms with Gasteiger partial charge in [0.2, 0.25) is 0 Å². The van der Waals surface area contributed by atoms with Gasteiger partial charge in [0.15, 0.2) is 0 Å². The molecule has 0 atom stereocenters. The van der Waals surface area contributed by atoms with Gasteiger partial charge in [-0.15, -0.1) is 6.58 Å². The minimum absolute atomic E-state index is 0.0967. The highest BCUT2D eigenvalue weighted by Gasteiger charge is 2.04. The number of aromatic nitrogens is 2. The van der Waals surface area contributed by atoms with E-state index in [0.717, 1.165) is 11.5 Å². The third-order valence-corrected chi connectivity index (χ3v) is 2.93. The first kappa shape index (κ1) is 13.9. The van der Waals surface area contributed by atoms with Crippen molar-refractivity contribution < 1.29 is 4.79 Å². The number of hydrogen-bond acceptors (Lipinski definition) is 3. The molecule has 0 spiro atoms. The summed E-state index contributed by atoms with van der Waals surface area (Å²) < 4.78 is 1.96. The lowest BCUT2D eigenvalue weighted by atomic mass is 10.2. The zero-order valence-electron chi connectivity index (χ0n) is 11.5. The minimum Gasteiger partial charge on any atom is -0.378 e. The number of anilines is 1. The van der Waals surface area contributed by atoms with Crippen LogP contribution in [0.4, 0.5) is 5.69 Å². The largest absolute Gasteiger partial charge is 0.378 e. The van der Waals surface area contributed by atoms with E-state index in [0.29, 0.717) is 18.7 Å². The van der Waals surface area contributed by atoms with Crippen LogP contribution in [0.15, 0.2) is 49.3 Å². The zero-order valence-corrected chi connectivity index (χ0v) is 11.5. The number of amides is 1. The van der Waals surface area contributed by atoms with E-state index in [1.807, 2.05) is 29.9 Å². The van der Waals surface area contributed by atoms with Gasteiger partial charge in [-0.1, -0.05) is 6.08 Å². The Morgan fingerprint density at radius 2 is 2.15 bits per heavy atom. The second-order valence-corrected chi connectivity index (χ2v) is 4.38. The molecule has 2 rings (SSSR count). The number of aryl methyl sites for hydroxylation is 1. The number of rotatable bonds is 6. The van der Waals surface area contributed by atoms with Crippen LogP contribution < -0.4 is 10.6 Å². The van der Waals surface area contributed by atoms with Crippen molar-refractivity contribution in [3.05, 3.63) is 60.7 Å². The van der Waals surface area contributed by atoms with Crippen LogP contribution >= 0.6 is 0 Å². The molecule has 2 aromatic rings. The van der Waals surface area contributed by atoms with Crippen molar-refractivity contribution in [1.82, 2.24) is 14.9 Å². The first-order valence-electron chi connectivity index (χ1n) is 6.40. The summed E-state index contributed by atoms with van der Waals surface area (Å²) in [7, 11) is 1.96. The van der Waals surface area contributed by atoms with Crippen molar-refractivity contribution >= 4 is 11.6 Å². The summed E-state index contributed by atoms with van der Waals surface area (Å²) in [5, 5.41) is 6.01. The molecule has 0 saturated carbocycles. The normalized spacial score (nSPS) is 10.1. The first-order valence-corrected chi connectivity index (χ1v) is 6.40. The Balaban J connectivity index is 1.93. The number of benzene rings is 1. The molecule has 0 unspecified atom stereocenters. The molecule has 0 fully saturated rings. The zero-order chi connectivity index (χ0) is 14.4. The van der Waals surface area contributed by atoms with Crippen molar-refractivity contribution in [3.63, 3.8) is 0 Å². The van der Waals surface area contributed by atoms with E-state index in [2.05, 4.69) is 22.2 Å². The van der Waals surface area contributed by atoms with E-state index in [1.165, 1.54) is 0 Å². The fraction of sp³-hybridized carbons (Fsp3) is 0.200. The lowest BCUT2D eigenvalue weighted by molar-refractivity contribution is 0.0958. The second-order valence-electron chi connectivity index (χ2n) is 4.38. The Hall–Kier alpha value is -2.56. The van der Waals surface area contributed by atoms with Gasteiger partial charge in [-0.05, 0) is 24.3 Å². The quantitative estimate of drug-likeness (QED) is 0.789. The molecule has 0 aliphatic carbocycles. The summed E-state index contributed by atoms with van der Waals surface area (Å²) in [6.07, 6.45) is 5.33. The van der Waals surface area contributed by atoms with E-state index in [9.17, 15) is 4.79 Å². The van der Waals surface area contributed by atoms with Gasteiger partial charge in [0.1, 0.15) is 5.82 Å². The van der Waals surface area contributed by atoms with Crippen LogP contribution in [0.25, 0.3) is 0 Å². The Morgan fingerprint density at radius 3 is 2.75 bits per heavy atom. The Kier molecular flexibility index (Phi) is 4.55. The van der Waals surface area contributed by atoms with Crippen LogP contribution in [0.2, 0.25) is 0 Å². The predicted octanol–water partition coefficient (Wildman–Crippen LogP) is 1.95. The molecule has 1 aromatic heterocycles. The van der Waals surface area contributed by atoms with Crippen molar-refractivity contribution in [2.45, 2.75) is 6.54 Å². The summed E-state index contributed by atoms with van der Waals surface area (Å²) in [6, 6.07) is 7.34. The fourth-order valence-electron chi connectivity index (χ4n) is 1.75. The van der Waals surface area contributed by atoms with E-state index >= 15 is 0 Å². The summed E-state index contributed by atoms with van der Waals surface area (Å²) in [5.41, 5.74) is 1.59. The van der Waals surface area contributed by atoms with Gasteiger partial charge < -0.3 is 15.2 Å².